The Labute approximate surface area is 363 Å². The molecule has 5 heteroatoms. The van der Waals surface area contributed by atoms with E-state index in [9.17, 15) is 0 Å². The lowest BCUT2D eigenvalue weighted by atomic mass is 9.77. The van der Waals surface area contributed by atoms with Gasteiger partial charge in [-0.3, -0.25) is 0 Å². The molecular formula is C57H46N4O. The van der Waals surface area contributed by atoms with Crippen LogP contribution in [-0.4, -0.2) is 22.3 Å². The number of aromatic nitrogens is 2. The van der Waals surface area contributed by atoms with Crippen LogP contribution in [0.15, 0.2) is 206 Å². The molecule has 3 aliphatic carbocycles. The third-order valence-corrected chi connectivity index (χ3v) is 13.0. The van der Waals surface area contributed by atoms with E-state index in [2.05, 4.69) is 181 Å². The smallest absolute Gasteiger partial charge is 0.160 e. The van der Waals surface area contributed by atoms with E-state index in [-0.39, 0.29) is 18.1 Å². The Morgan fingerprint density at radius 1 is 0.661 bits per heavy atom. The van der Waals surface area contributed by atoms with Crippen molar-refractivity contribution in [2.45, 2.75) is 31.4 Å². The van der Waals surface area contributed by atoms with Gasteiger partial charge in [0, 0.05) is 51.8 Å². The number of benzene rings is 5. The molecule has 1 aromatic heterocycles. The average Bonchev–Trinajstić information content (AvgIpc) is 3.74. The maximum Gasteiger partial charge on any atom is 0.160 e. The molecule has 2 N–H and O–H groups in total. The lowest BCUT2D eigenvalue weighted by Gasteiger charge is -2.37. The van der Waals surface area contributed by atoms with Crippen molar-refractivity contribution < 1.29 is 4.74 Å². The maximum atomic E-state index is 8.65. The molecular weight excluding hydrogens is 757 g/mol. The van der Waals surface area contributed by atoms with Crippen LogP contribution < -0.4 is 5.32 Å². The van der Waals surface area contributed by atoms with Crippen molar-refractivity contribution in [3.8, 4) is 33.9 Å². The number of rotatable bonds is 9. The van der Waals surface area contributed by atoms with E-state index in [1.54, 1.807) is 6.21 Å². The maximum absolute atomic E-state index is 8.65. The van der Waals surface area contributed by atoms with Crippen molar-refractivity contribution >= 4 is 23.1 Å². The molecule has 1 fully saturated rings. The van der Waals surface area contributed by atoms with Gasteiger partial charge in [0.2, 0.25) is 0 Å². The predicted molar refractivity (Wildman–Crippen MR) is 253 cm³/mol. The molecule has 3 heterocycles. The van der Waals surface area contributed by atoms with E-state index in [1.807, 2.05) is 18.2 Å². The summed E-state index contributed by atoms with van der Waals surface area (Å²) in [5, 5.41) is 12.6. The van der Waals surface area contributed by atoms with Crippen molar-refractivity contribution in [2.24, 2.45) is 17.8 Å². The van der Waals surface area contributed by atoms with Gasteiger partial charge in [0.05, 0.1) is 23.1 Å². The second kappa shape index (κ2) is 16.2. The summed E-state index contributed by atoms with van der Waals surface area (Å²) in [7, 11) is 0. The van der Waals surface area contributed by atoms with Crippen molar-refractivity contribution in [2.75, 3.05) is 0 Å². The van der Waals surface area contributed by atoms with E-state index < -0.39 is 0 Å². The van der Waals surface area contributed by atoms with Gasteiger partial charge in [0.15, 0.2) is 5.82 Å². The first-order valence-corrected chi connectivity index (χ1v) is 21.8. The summed E-state index contributed by atoms with van der Waals surface area (Å²) in [6.07, 6.45) is 24.5. The Morgan fingerprint density at radius 3 is 2.16 bits per heavy atom. The van der Waals surface area contributed by atoms with Gasteiger partial charge in [-0.2, -0.15) is 0 Å². The van der Waals surface area contributed by atoms with Gasteiger partial charge < -0.3 is 15.5 Å². The molecule has 5 aliphatic rings. The minimum absolute atomic E-state index is 0.0706. The Hall–Kier alpha value is -7.37. The predicted octanol–water partition coefficient (Wildman–Crippen LogP) is 13.0. The number of nitrogens with one attached hydrogen (secondary N) is 2. The second-order valence-corrected chi connectivity index (χ2v) is 16.7. The summed E-state index contributed by atoms with van der Waals surface area (Å²) in [5.41, 5.74) is 15.1. The molecule has 0 amide bonds. The lowest BCUT2D eigenvalue weighted by Crippen LogP contribution is -2.34. The quantitative estimate of drug-likeness (QED) is 0.143. The van der Waals surface area contributed by atoms with E-state index in [0.29, 0.717) is 17.7 Å². The number of allylic oxidation sites excluding steroid dienone is 9. The SMILES string of the molecule is N=C[C@H](C1=CC=CCC1)C1NC(c2ccccc2)=C(c2ccc(-c3cc(-c4cccc(C5=C6OC7C=CC=CC7C6CC=C5)c4)nc(-c4ccccc4)n3)cc2)c2ccccc21. The number of hydrogen-bond donors (Lipinski definition) is 2. The number of nitrogens with zero attached hydrogens (tertiary/aromatic N) is 2. The van der Waals surface area contributed by atoms with Gasteiger partial charge in [0.1, 0.15) is 11.9 Å². The average molecular weight is 803 g/mol. The summed E-state index contributed by atoms with van der Waals surface area (Å²) in [6, 6.07) is 49.1. The van der Waals surface area contributed by atoms with Gasteiger partial charge in [-0.25, -0.2) is 9.97 Å². The van der Waals surface area contributed by atoms with Crippen LogP contribution in [0.2, 0.25) is 0 Å². The first-order valence-electron chi connectivity index (χ1n) is 21.8. The molecule has 1 saturated heterocycles. The number of hydrogen-bond acceptors (Lipinski definition) is 5. The zero-order valence-corrected chi connectivity index (χ0v) is 34.4. The molecule has 5 atom stereocenters. The standard InChI is InChI=1S/C57H46N4O/c58-36-49(37-16-4-1-5-17-37)55-47-26-11-10-25-46(47)53(54(61-55)40-18-6-2-7-19-40)39-32-30-38(31-33-39)50-35-51(60-57(59-50)41-20-8-3-9-21-41)43-23-14-22-42(34-43)44-27-15-28-48-45-24-12-13-29-52(45)62-56(44)48/h1-4,6-16,18-27,29-36,45,48-49,52,55,58,61H,5,17,28H2/t45?,48?,49-,52?,55?/m1/s1. The normalized spacial score (nSPS) is 21.3. The highest BCUT2D eigenvalue weighted by Gasteiger charge is 2.41. The zero-order chi connectivity index (χ0) is 41.4. The van der Waals surface area contributed by atoms with Crippen molar-refractivity contribution in [1.82, 2.24) is 15.3 Å². The van der Waals surface area contributed by atoms with Crippen LogP contribution in [0.5, 0.6) is 0 Å². The van der Waals surface area contributed by atoms with Gasteiger partial charge in [-0.05, 0) is 65.3 Å². The molecule has 2 aliphatic heterocycles. The van der Waals surface area contributed by atoms with Crippen LogP contribution in [-0.2, 0) is 4.74 Å². The number of fused-ring (bicyclic) bond motifs is 4. The van der Waals surface area contributed by atoms with E-state index in [0.717, 1.165) is 86.6 Å². The van der Waals surface area contributed by atoms with E-state index in [4.69, 9.17) is 20.1 Å². The monoisotopic (exact) mass is 802 g/mol. The van der Waals surface area contributed by atoms with Crippen LogP contribution in [0.25, 0.3) is 50.7 Å². The van der Waals surface area contributed by atoms with Crippen molar-refractivity contribution in [3.63, 3.8) is 0 Å². The van der Waals surface area contributed by atoms with Crippen LogP contribution in [0.3, 0.4) is 0 Å². The van der Waals surface area contributed by atoms with Gasteiger partial charge >= 0.3 is 0 Å². The summed E-state index contributed by atoms with van der Waals surface area (Å²) in [5.74, 6) is 2.42. The van der Waals surface area contributed by atoms with Crippen LogP contribution in [0.1, 0.15) is 53.1 Å². The molecule has 5 nitrogen and oxygen atoms in total. The highest BCUT2D eigenvalue weighted by atomic mass is 16.5. The molecule has 11 rings (SSSR count). The molecule has 0 spiro atoms. The fourth-order valence-corrected chi connectivity index (χ4v) is 9.96. The number of ether oxygens (including phenoxy) is 1. The summed E-state index contributed by atoms with van der Waals surface area (Å²) < 4.78 is 6.63. The topological polar surface area (TPSA) is 70.9 Å². The summed E-state index contributed by atoms with van der Waals surface area (Å²) >= 11 is 0. The Morgan fingerprint density at radius 2 is 1.37 bits per heavy atom. The van der Waals surface area contributed by atoms with Crippen LogP contribution in [0.4, 0.5) is 0 Å². The van der Waals surface area contributed by atoms with Gasteiger partial charge in [0.25, 0.3) is 0 Å². The zero-order valence-electron chi connectivity index (χ0n) is 34.4. The first kappa shape index (κ1) is 37.6. The van der Waals surface area contributed by atoms with E-state index in [1.165, 1.54) is 16.7 Å². The fourth-order valence-electron chi connectivity index (χ4n) is 9.96. The van der Waals surface area contributed by atoms with Gasteiger partial charge in [-0.1, -0.05) is 182 Å². The Balaban J connectivity index is 0.993. The van der Waals surface area contributed by atoms with Gasteiger partial charge in [-0.15, -0.1) is 0 Å². The Kier molecular flexibility index (Phi) is 9.86. The highest BCUT2D eigenvalue weighted by molar-refractivity contribution is 6.01. The molecule has 0 bridgehead atoms. The summed E-state index contributed by atoms with van der Waals surface area (Å²) in [6.45, 7) is 0. The van der Waals surface area contributed by atoms with Crippen LogP contribution in [0, 0.1) is 23.2 Å². The Bertz CT molecular complexity index is 2910. The third kappa shape index (κ3) is 6.90. The largest absolute Gasteiger partial charge is 0.489 e. The third-order valence-electron chi connectivity index (χ3n) is 13.0. The highest BCUT2D eigenvalue weighted by Crippen LogP contribution is 2.48. The molecule has 6 aromatic rings. The fraction of sp³-hybridized carbons (Fsp3) is 0.140. The van der Waals surface area contributed by atoms with Crippen molar-refractivity contribution in [1.29, 1.82) is 5.41 Å². The molecule has 0 radical (unpaired) electrons. The van der Waals surface area contributed by atoms with E-state index >= 15 is 0 Å². The minimum Gasteiger partial charge on any atom is -0.489 e. The lowest BCUT2D eigenvalue weighted by molar-refractivity contribution is 0.186. The first-order chi connectivity index (χ1) is 30.7. The molecule has 4 unspecified atom stereocenters. The molecule has 300 valence electrons. The molecule has 62 heavy (non-hydrogen) atoms. The van der Waals surface area contributed by atoms with Crippen LogP contribution >= 0.6 is 0 Å². The second-order valence-electron chi connectivity index (χ2n) is 16.7. The van der Waals surface area contributed by atoms with Crippen molar-refractivity contribution in [3.05, 3.63) is 233 Å². The molecule has 5 aromatic carbocycles. The molecule has 0 saturated carbocycles. The summed E-state index contributed by atoms with van der Waals surface area (Å²) in [4.78, 5) is 10.4. The minimum atomic E-state index is -0.0780.